The Kier molecular flexibility index (Phi) is 3.03. The number of hydrogen-bond donors (Lipinski definition) is 0. The minimum atomic E-state index is -0.277. The number of carbonyl (C=O) groups is 1. The molecule has 2 aromatic rings. The van der Waals surface area contributed by atoms with Gasteiger partial charge in [-0.15, -0.1) is 0 Å². The number of rotatable bonds is 1. The number of carbonyl (C=O) groups excluding carboxylic acids is 1. The molecule has 0 radical (unpaired) electrons. The lowest BCUT2D eigenvalue weighted by Crippen LogP contribution is -2.24. The van der Waals surface area contributed by atoms with Gasteiger partial charge in [-0.25, -0.2) is 4.79 Å². The van der Waals surface area contributed by atoms with Crippen LogP contribution in [-0.2, 0) is 4.74 Å². The Morgan fingerprint density at radius 2 is 1.89 bits per heavy atom. The van der Waals surface area contributed by atoms with E-state index < -0.39 is 0 Å². The summed E-state index contributed by atoms with van der Waals surface area (Å²) in [6, 6.07) is 15.1. The first-order valence-corrected chi connectivity index (χ1v) is 6.60. The number of fused-ring (bicyclic) bond motifs is 1. The molecule has 1 heterocycles. The molecule has 96 valence electrons. The topological polar surface area (TPSA) is 26.3 Å². The van der Waals surface area contributed by atoms with Crippen LogP contribution in [0.5, 0.6) is 0 Å². The van der Waals surface area contributed by atoms with Gasteiger partial charge in [0.1, 0.15) is 6.10 Å². The predicted octanol–water partition coefficient (Wildman–Crippen LogP) is 4.36. The zero-order valence-electron chi connectivity index (χ0n) is 10.5. The fraction of sp³-hybridized carbons (Fsp3) is 0.188. The Labute approximate surface area is 117 Å². The van der Waals surface area contributed by atoms with E-state index in [-0.39, 0.29) is 18.0 Å². The Morgan fingerprint density at radius 3 is 2.68 bits per heavy atom. The molecule has 0 N–H and O–H groups in total. The highest BCUT2D eigenvalue weighted by Gasteiger charge is 2.33. The van der Waals surface area contributed by atoms with Crippen molar-refractivity contribution in [2.45, 2.75) is 18.9 Å². The van der Waals surface area contributed by atoms with Crippen molar-refractivity contribution in [3.8, 4) is 0 Å². The summed E-state index contributed by atoms with van der Waals surface area (Å²) >= 11 is 6.01. The summed E-state index contributed by atoms with van der Waals surface area (Å²) in [6.45, 7) is 2.07. The predicted molar refractivity (Wildman–Crippen MR) is 74.5 cm³/mol. The summed E-state index contributed by atoms with van der Waals surface area (Å²) in [5.41, 5.74) is 2.62. The maximum absolute atomic E-state index is 12.0. The van der Waals surface area contributed by atoms with Crippen molar-refractivity contribution >= 4 is 17.6 Å². The molecule has 0 amide bonds. The normalized spacial score (nSPS) is 21.7. The Hall–Kier alpha value is -1.80. The first kappa shape index (κ1) is 12.2. The molecule has 0 saturated carbocycles. The van der Waals surface area contributed by atoms with Gasteiger partial charge in [0.2, 0.25) is 0 Å². The number of esters is 1. The number of hydrogen-bond acceptors (Lipinski definition) is 2. The standard InChI is InChI=1S/C16H13ClO2/c1-10-13-7-2-3-8-14(13)16(18)19-15(10)11-5-4-6-12(17)9-11/h2-10,15H,1H3/t10-,15-/m1/s1. The first-order valence-electron chi connectivity index (χ1n) is 6.22. The lowest BCUT2D eigenvalue weighted by molar-refractivity contribution is 0.0184. The van der Waals surface area contributed by atoms with Crippen LogP contribution in [0.1, 0.15) is 40.4 Å². The Bertz CT molecular complexity index is 636. The molecule has 1 aliphatic rings. The van der Waals surface area contributed by atoms with Crippen LogP contribution in [0.4, 0.5) is 0 Å². The quantitative estimate of drug-likeness (QED) is 0.721. The molecule has 19 heavy (non-hydrogen) atoms. The summed E-state index contributed by atoms with van der Waals surface area (Å²) in [5, 5.41) is 0.652. The smallest absolute Gasteiger partial charge is 0.339 e. The Morgan fingerprint density at radius 1 is 1.11 bits per heavy atom. The molecule has 0 bridgehead atoms. The summed E-state index contributed by atoms with van der Waals surface area (Å²) in [4.78, 5) is 12.0. The van der Waals surface area contributed by atoms with Crippen molar-refractivity contribution in [2.75, 3.05) is 0 Å². The van der Waals surface area contributed by atoms with Crippen molar-refractivity contribution < 1.29 is 9.53 Å². The van der Waals surface area contributed by atoms with Crippen LogP contribution in [-0.4, -0.2) is 5.97 Å². The molecule has 0 spiro atoms. The van der Waals surface area contributed by atoms with E-state index in [2.05, 4.69) is 6.92 Å². The van der Waals surface area contributed by atoms with Crippen molar-refractivity contribution in [2.24, 2.45) is 0 Å². The van der Waals surface area contributed by atoms with Crippen molar-refractivity contribution in [3.63, 3.8) is 0 Å². The summed E-state index contributed by atoms with van der Waals surface area (Å²) < 4.78 is 5.57. The highest BCUT2D eigenvalue weighted by molar-refractivity contribution is 6.30. The highest BCUT2D eigenvalue weighted by Crippen LogP contribution is 2.40. The molecule has 3 heteroatoms. The molecule has 2 aromatic carbocycles. The van der Waals surface area contributed by atoms with E-state index in [1.54, 1.807) is 0 Å². The monoisotopic (exact) mass is 272 g/mol. The molecule has 2 nitrogen and oxygen atoms in total. The summed E-state index contributed by atoms with van der Waals surface area (Å²) in [5.74, 6) is -0.147. The van der Waals surface area contributed by atoms with E-state index in [1.807, 2.05) is 48.5 Å². The second kappa shape index (κ2) is 4.71. The average molecular weight is 273 g/mol. The van der Waals surface area contributed by atoms with E-state index >= 15 is 0 Å². The van der Waals surface area contributed by atoms with E-state index in [0.717, 1.165) is 11.1 Å². The number of benzene rings is 2. The van der Waals surface area contributed by atoms with Crippen LogP contribution >= 0.6 is 11.6 Å². The van der Waals surface area contributed by atoms with Gasteiger partial charge in [-0.3, -0.25) is 0 Å². The fourth-order valence-corrected chi connectivity index (χ4v) is 2.76. The maximum Gasteiger partial charge on any atom is 0.339 e. The van der Waals surface area contributed by atoms with Crippen LogP contribution in [0.15, 0.2) is 48.5 Å². The Balaban J connectivity index is 2.05. The van der Waals surface area contributed by atoms with Crippen LogP contribution in [0, 0.1) is 0 Å². The minimum absolute atomic E-state index is 0.118. The number of ether oxygens (including phenoxy) is 1. The van der Waals surface area contributed by atoms with Crippen molar-refractivity contribution in [1.82, 2.24) is 0 Å². The molecule has 3 rings (SSSR count). The lowest BCUT2D eigenvalue weighted by atomic mass is 9.85. The van der Waals surface area contributed by atoms with Gasteiger partial charge in [0.05, 0.1) is 5.56 Å². The molecule has 1 aliphatic heterocycles. The molecule has 2 atom stereocenters. The third-order valence-corrected chi connectivity index (χ3v) is 3.77. The zero-order chi connectivity index (χ0) is 13.4. The van der Waals surface area contributed by atoms with Gasteiger partial charge in [0.25, 0.3) is 0 Å². The minimum Gasteiger partial charge on any atom is -0.453 e. The molecule has 0 aliphatic carbocycles. The van der Waals surface area contributed by atoms with Crippen LogP contribution in [0.25, 0.3) is 0 Å². The largest absolute Gasteiger partial charge is 0.453 e. The van der Waals surface area contributed by atoms with E-state index in [4.69, 9.17) is 16.3 Å². The number of cyclic esters (lactones) is 1. The van der Waals surface area contributed by atoms with Crippen molar-refractivity contribution in [1.29, 1.82) is 0 Å². The average Bonchev–Trinajstić information content (AvgIpc) is 2.43. The van der Waals surface area contributed by atoms with Crippen LogP contribution < -0.4 is 0 Å². The third kappa shape index (κ3) is 2.13. The molecule has 0 saturated heterocycles. The van der Waals surface area contributed by atoms with Gasteiger partial charge in [-0.1, -0.05) is 48.9 Å². The molecule has 0 fully saturated rings. The lowest BCUT2D eigenvalue weighted by Gasteiger charge is -2.31. The van der Waals surface area contributed by atoms with Gasteiger partial charge in [-0.2, -0.15) is 0 Å². The zero-order valence-corrected chi connectivity index (χ0v) is 11.2. The summed E-state index contributed by atoms with van der Waals surface area (Å²) in [7, 11) is 0. The van der Waals surface area contributed by atoms with Gasteiger partial charge in [0.15, 0.2) is 0 Å². The van der Waals surface area contributed by atoms with Gasteiger partial charge in [-0.05, 0) is 29.3 Å². The van der Waals surface area contributed by atoms with Crippen molar-refractivity contribution in [3.05, 3.63) is 70.2 Å². The van der Waals surface area contributed by atoms with E-state index in [0.29, 0.717) is 10.6 Å². The fourth-order valence-electron chi connectivity index (χ4n) is 2.56. The third-order valence-electron chi connectivity index (χ3n) is 3.54. The van der Waals surface area contributed by atoms with Gasteiger partial charge < -0.3 is 4.74 Å². The van der Waals surface area contributed by atoms with Crippen LogP contribution in [0.3, 0.4) is 0 Å². The first-order chi connectivity index (χ1) is 9.16. The highest BCUT2D eigenvalue weighted by atomic mass is 35.5. The molecule has 0 unspecified atom stereocenters. The summed E-state index contributed by atoms with van der Waals surface area (Å²) in [6.07, 6.45) is -0.277. The molecular formula is C16H13ClO2. The maximum atomic E-state index is 12.0. The molecule has 0 aromatic heterocycles. The van der Waals surface area contributed by atoms with E-state index in [9.17, 15) is 4.79 Å². The van der Waals surface area contributed by atoms with Crippen LogP contribution in [0.2, 0.25) is 5.02 Å². The van der Waals surface area contributed by atoms with Gasteiger partial charge in [0, 0.05) is 10.9 Å². The number of halogens is 1. The second-order valence-electron chi connectivity index (χ2n) is 4.76. The SMILES string of the molecule is C[C@@H]1c2ccccc2C(=O)O[C@H]1c1cccc(Cl)c1. The van der Waals surface area contributed by atoms with E-state index in [1.165, 1.54) is 0 Å². The second-order valence-corrected chi connectivity index (χ2v) is 5.19. The van der Waals surface area contributed by atoms with Gasteiger partial charge >= 0.3 is 5.97 Å². The molecular weight excluding hydrogens is 260 g/mol.